The lowest BCUT2D eigenvalue weighted by Gasteiger charge is -2.50. The van der Waals surface area contributed by atoms with Gasteiger partial charge in [0.15, 0.2) is 5.72 Å². The van der Waals surface area contributed by atoms with Crippen LogP contribution in [0.15, 0.2) is 48.5 Å². The van der Waals surface area contributed by atoms with Crippen LogP contribution in [0.5, 0.6) is 0 Å². The normalized spacial score (nSPS) is 22.8. The SMILES string of the molecule is CC.CO[C@@H]1[C@H](N(C)C(=O)CNC(=O)OC(C)(C)C)C[C@H]2O[C@]1(C)n1c3ccccc3c3c4c(c5c6ccccc6n2c5c31)C(=O)NC4.[HH].[HH]. The minimum Gasteiger partial charge on any atom is -0.444 e. The van der Waals surface area contributed by atoms with Crippen molar-refractivity contribution in [1.29, 1.82) is 0 Å². The highest BCUT2D eigenvalue weighted by atomic mass is 16.6. The maximum atomic E-state index is 13.7. The molecule has 3 amide bonds. The average Bonchev–Trinajstić information content (AvgIpc) is 3.70. The Labute approximate surface area is 282 Å². The number of methoxy groups -OCH3 is 1. The molecule has 0 unspecified atom stereocenters. The first-order chi connectivity index (χ1) is 22.9. The number of carbonyl (C=O) groups excluding carboxylic acids is 3. The first-order valence-corrected chi connectivity index (χ1v) is 16.7. The molecule has 48 heavy (non-hydrogen) atoms. The maximum Gasteiger partial charge on any atom is 0.408 e. The van der Waals surface area contributed by atoms with E-state index in [-0.39, 0.29) is 21.2 Å². The number of amides is 3. The highest BCUT2D eigenvalue weighted by Crippen LogP contribution is 2.54. The van der Waals surface area contributed by atoms with Crippen LogP contribution in [0, 0.1) is 0 Å². The number of likely N-dealkylation sites (N-methyl/N-ethyl adjacent to an activating group) is 1. The zero-order valence-electron chi connectivity index (χ0n) is 28.8. The lowest BCUT2D eigenvalue weighted by atomic mass is 9.91. The number of aromatic nitrogens is 2. The van der Waals surface area contributed by atoms with Crippen LogP contribution < -0.4 is 10.6 Å². The van der Waals surface area contributed by atoms with Gasteiger partial charge in [-0.25, -0.2) is 4.79 Å². The Kier molecular flexibility index (Phi) is 7.48. The van der Waals surface area contributed by atoms with Gasteiger partial charge in [-0.2, -0.15) is 0 Å². The number of alkyl carbamates (subject to hydrolysis) is 1. The molecule has 1 saturated heterocycles. The average molecular weight is 658 g/mol. The van der Waals surface area contributed by atoms with Crippen LogP contribution in [0.3, 0.4) is 0 Å². The molecule has 4 atom stereocenters. The number of hydrogen-bond acceptors (Lipinski definition) is 6. The van der Waals surface area contributed by atoms with Crippen LogP contribution in [0.2, 0.25) is 0 Å². The molecule has 0 aliphatic carbocycles. The molecular formula is C37H47N5O6. The molecule has 0 saturated carbocycles. The number of nitrogens with zero attached hydrogens (tertiary/aromatic N) is 3. The first kappa shape index (κ1) is 32.0. The Balaban J connectivity index is 0.00000119. The van der Waals surface area contributed by atoms with E-state index in [0.29, 0.717) is 18.5 Å². The Morgan fingerprint density at radius 1 is 1.06 bits per heavy atom. The van der Waals surface area contributed by atoms with E-state index in [1.54, 1.807) is 39.8 Å². The van der Waals surface area contributed by atoms with Crippen LogP contribution in [0.4, 0.5) is 4.79 Å². The molecule has 5 aromatic rings. The molecule has 3 aromatic carbocycles. The molecule has 8 rings (SSSR count). The van der Waals surface area contributed by atoms with Crippen molar-refractivity contribution in [3.8, 4) is 0 Å². The van der Waals surface area contributed by atoms with Crippen molar-refractivity contribution in [3.63, 3.8) is 0 Å². The fraction of sp³-hybridized carbons (Fsp3) is 0.432. The van der Waals surface area contributed by atoms with E-state index in [9.17, 15) is 14.4 Å². The van der Waals surface area contributed by atoms with Crippen molar-refractivity contribution >= 4 is 61.5 Å². The van der Waals surface area contributed by atoms with Gasteiger partial charge in [-0.15, -0.1) is 0 Å². The van der Waals surface area contributed by atoms with Crippen molar-refractivity contribution in [2.45, 2.75) is 84.2 Å². The van der Waals surface area contributed by atoms with E-state index in [2.05, 4.69) is 44.0 Å². The summed E-state index contributed by atoms with van der Waals surface area (Å²) in [6.45, 7) is 11.6. The van der Waals surface area contributed by atoms with E-state index < -0.39 is 35.8 Å². The van der Waals surface area contributed by atoms with Crippen LogP contribution in [-0.2, 0) is 31.3 Å². The summed E-state index contributed by atoms with van der Waals surface area (Å²) in [7, 11) is 3.39. The number of rotatable bonds is 4. The Hall–Kier alpha value is -4.61. The van der Waals surface area contributed by atoms with Crippen molar-refractivity contribution in [1.82, 2.24) is 24.7 Å². The van der Waals surface area contributed by atoms with Crippen LogP contribution in [0.1, 0.15) is 73.0 Å². The standard InChI is InChI=1S/C35H37N5O6.C2H6.2H2/c1-34(2,3)46-33(43)37-17-24(41)38(5)23-15-25-39-21-13-9-7-11-18(21)27-28-20(16-36-32(28)42)26-19-12-8-10-14-22(19)40(30(26)29(27)39)35(4,45-25)31(23)44-6;1-2;;/h7-14,23,25,31H,15-17H2,1-6H3,(H,36,42)(H,37,43);1-2H3;2*1H/t23-,25-,31-,35+;;;/m1.../s1. The topological polar surface area (TPSA) is 116 Å². The van der Waals surface area contributed by atoms with Crippen molar-refractivity contribution in [3.05, 3.63) is 59.7 Å². The summed E-state index contributed by atoms with van der Waals surface area (Å²) in [5, 5.41) is 9.65. The smallest absolute Gasteiger partial charge is 0.408 e. The van der Waals surface area contributed by atoms with E-state index in [0.717, 1.165) is 49.2 Å². The molecule has 5 heterocycles. The molecule has 11 heteroatoms. The quantitative estimate of drug-likeness (QED) is 0.224. The van der Waals surface area contributed by atoms with Crippen molar-refractivity contribution < 1.29 is 31.4 Å². The summed E-state index contributed by atoms with van der Waals surface area (Å²) >= 11 is 0. The summed E-state index contributed by atoms with van der Waals surface area (Å²) in [5.74, 6) is -0.357. The minimum absolute atomic E-state index is 0. The molecular weight excluding hydrogens is 610 g/mol. The minimum atomic E-state index is -1.06. The molecule has 0 radical (unpaired) electrons. The number of carbonyl (C=O) groups is 3. The number of fused-ring (bicyclic) bond motifs is 13. The molecule has 11 nitrogen and oxygen atoms in total. The van der Waals surface area contributed by atoms with Gasteiger partial charge < -0.3 is 38.9 Å². The van der Waals surface area contributed by atoms with E-state index in [1.807, 2.05) is 45.0 Å². The fourth-order valence-electron chi connectivity index (χ4n) is 8.16. The molecule has 2 N–H and O–H groups in total. The number of nitrogens with one attached hydrogen (secondary N) is 2. The third kappa shape index (κ3) is 4.43. The molecule has 2 bridgehead atoms. The van der Waals surface area contributed by atoms with Gasteiger partial charge in [0.25, 0.3) is 5.91 Å². The molecule has 256 valence electrons. The zero-order chi connectivity index (χ0) is 34.3. The van der Waals surface area contributed by atoms with Crippen LogP contribution in [0.25, 0.3) is 43.6 Å². The van der Waals surface area contributed by atoms with Gasteiger partial charge in [-0.05, 0) is 45.4 Å². The Morgan fingerprint density at radius 3 is 2.38 bits per heavy atom. The Morgan fingerprint density at radius 2 is 1.71 bits per heavy atom. The second kappa shape index (κ2) is 11.2. The van der Waals surface area contributed by atoms with Crippen LogP contribution in [-0.4, -0.2) is 70.4 Å². The van der Waals surface area contributed by atoms with Gasteiger partial charge >= 0.3 is 6.09 Å². The third-order valence-corrected chi connectivity index (χ3v) is 9.87. The van der Waals surface area contributed by atoms with Crippen molar-refractivity contribution in [2.75, 3.05) is 20.7 Å². The second-order valence-electron chi connectivity index (χ2n) is 13.7. The highest BCUT2D eigenvalue weighted by Gasteiger charge is 2.55. The monoisotopic (exact) mass is 657 g/mol. The number of hydrogen-bond donors (Lipinski definition) is 2. The summed E-state index contributed by atoms with van der Waals surface area (Å²) in [6.07, 6.45) is -1.32. The van der Waals surface area contributed by atoms with Crippen LogP contribution >= 0.6 is 0 Å². The summed E-state index contributed by atoms with van der Waals surface area (Å²) < 4.78 is 23.3. The van der Waals surface area contributed by atoms with Gasteiger partial charge in [0.1, 0.15) is 24.5 Å². The lowest BCUT2D eigenvalue weighted by Crippen LogP contribution is -2.62. The zero-order valence-corrected chi connectivity index (χ0v) is 28.8. The lowest BCUT2D eigenvalue weighted by molar-refractivity contribution is -0.266. The third-order valence-electron chi connectivity index (χ3n) is 9.87. The number of benzene rings is 3. The van der Waals surface area contributed by atoms with E-state index >= 15 is 0 Å². The Bertz CT molecular complexity index is 2150. The summed E-state index contributed by atoms with van der Waals surface area (Å²) in [5.41, 5.74) is 3.77. The molecule has 3 aliphatic heterocycles. The predicted octanol–water partition coefficient (Wildman–Crippen LogP) is 6.64. The summed E-state index contributed by atoms with van der Waals surface area (Å²) in [4.78, 5) is 41.3. The van der Waals surface area contributed by atoms with Crippen molar-refractivity contribution in [2.24, 2.45) is 0 Å². The molecule has 1 fully saturated rings. The number of para-hydroxylation sites is 2. The molecule has 0 spiro atoms. The van der Waals surface area contributed by atoms with E-state index in [4.69, 9.17) is 14.2 Å². The maximum absolute atomic E-state index is 13.7. The second-order valence-corrected chi connectivity index (χ2v) is 13.7. The highest BCUT2D eigenvalue weighted by molar-refractivity contribution is 6.31. The largest absolute Gasteiger partial charge is 0.444 e. The van der Waals surface area contributed by atoms with Gasteiger partial charge in [-0.3, -0.25) is 9.59 Å². The van der Waals surface area contributed by atoms with E-state index in [1.165, 1.54) is 0 Å². The van der Waals surface area contributed by atoms with Gasteiger partial charge in [0.05, 0.1) is 33.7 Å². The predicted molar refractivity (Wildman–Crippen MR) is 189 cm³/mol. The number of ether oxygens (including phenoxy) is 3. The van der Waals surface area contributed by atoms with Gasteiger partial charge in [-0.1, -0.05) is 50.2 Å². The molecule has 3 aliphatic rings. The fourth-order valence-corrected chi connectivity index (χ4v) is 8.16. The van der Waals surface area contributed by atoms with Gasteiger partial charge in [0.2, 0.25) is 5.91 Å². The first-order valence-electron chi connectivity index (χ1n) is 16.7. The summed E-state index contributed by atoms with van der Waals surface area (Å²) in [6, 6.07) is 15.9. The molecule has 2 aromatic heterocycles. The van der Waals surface area contributed by atoms with Gasteiger partial charge in [0, 0.05) is 51.5 Å².